The Hall–Kier alpha value is -2.30. The first-order chi connectivity index (χ1) is 8.08. The molecule has 0 aliphatic rings. The number of carboxylic acids is 1. The van der Waals surface area contributed by atoms with Gasteiger partial charge in [0, 0.05) is 13.2 Å². The summed E-state index contributed by atoms with van der Waals surface area (Å²) in [5, 5.41) is 9.04. The van der Waals surface area contributed by atoms with Crippen molar-refractivity contribution in [2.24, 2.45) is 7.05 Å². The number of rotatable bonds is 1. The number of nitrogens with zero attached hydrogens (tertiary/aromatic N) is 3. The fraction of sp³-hybridized carbons (Fsp3) is 0.167. The van der Waals surface area contributed by atoms with Crippen LogP contribution >= 0.6 is 0 Å². The van der Waals surface area contributed by atoms with Crippen molar-refractivity contribution in [3.05, 3.63) is 35.7 Å². The highest BCUT2D eigenvalue weighted by atomic mass is 16.4. The summed E-state index contributed by atoms with van der Waals surface area (Å²) in [5.74, 6) is -0.304. The number of aromatic carboxylic acids is 1. The number of carbonyl (C=O) groups is 1. The minimum absolute atomic E-state index is 0.231. The predicted molar refractivity (Wildman–Crippen MR) is 63.4 cm³/mol. The van der Waals surface area contributed by atoms with Crippen LogP contribution < -0.4 is 0 Å². The van der Waals surface area contributed by atoms with Gasteiger partial charge >= 0.3 is 5.97 Å². The van der Waals surface area contributed by atoms with Crippen LogP contribution in [0.2, 0.25) is 0 Å². The van der Waals surface area contributed by atoms with E-state index in [2.05, 4.69) is 4.98 Å². The van der Waals surface area contributed by atoms with Gasteiger partial charge in [0.05, 0.1) is 11.0 Å². The molecule has 1 aromatic carbocycles. The van der Waals surface area contributed by atoms with Gasteiger partial charge in [-0.2, -0.15) is 0 Å². The molecule has 5 heteroatoms. The molecular formula is C12H11N3O2. The zero-order valence-electron chi connectivity index (χ0n) is 9.51. The van der Waals surface area contributed by atoms with Crippen LogP contribution in [0.3, 0.4) is 0 Å². The second kappa shape index (κ2) is 3.10. The van der Waals surface area contributed by atoms with Crippen molar-refractivity contribution in [2.75, 3.05) is 0 Å². The molecule has 2 aromatic heterocycles. The number of aromatic nitrogens is 3. The van der Waals surface area contributed by atoms with E-state index in [0.29, 0.717) is 5.78 Å². The quantitative estimate of drug-likeness (QED) is 0.692. The van der Waals surface area contributed by atoms with Gasteiger partial charge in [0.1, 0.15) is 5.69 Å². The fourth-order valence-corrected chi connectivity index (χ4v) is 2.08. The van der Waals surface area contributed by atoms with Crippen LogP contribution in [0.1, 0.15) is 16.1 Å². The zero-order chi connectivity index (χ0) is 12.2. The van der Waals surface area contributed by atoms with E-state index in [1.165, 1.54) is 0 Å². The van der Waals surface area contributed by atoms with Gasteiger partial charge in [-0.25, -0.2) is 9.78 Å². The molecule has 5 nitrogen and oxygen atoms in total. The van der Waals surface area contributed by atoms with Crippen molar-refractivity contribution < 1.29 is 9.90 Å². The maximum Gasteiger partial charge on any atom is 0.354 e. The maximum absolute atomic E-state index is 11.0. The van der Waals surface area contributed by atoms with E-state index in [4.69, 9.17) is 5.11 Å². The standard InChI is InChI=1S/C12H11N3O2/c1-7-3-4-9-8(5-7)13-12-14(2)10(11(16)17)6-15(9)12/h3-6H,1-2H3,(H,16,17). The molecule has 0 spiro atoms. The molecule has 0 unspecified atom stereocenters. The van der Waals surface area contributed by atoms with Gasteiger partial charge < -0.3 is 9.67 Å². The maximum atomic E-state index is 11.0. The summed E-state index contributed by atoms with van der Waals surface area (Å²) >= 11 is 0. The van der Waals surface area contributed by atoms with E-state index in [1.54, 1.807) is 22.2 Å². The first-order valence-corrected chi connectivity index (χ1v) is 5.25. The molecule has 1 N–H and O–H groups in total. The summed E-state index contributed by atoms with van der Waals surface area (Å²) in [6.07, 6.45) is 1.60. The Morgan fingerprint density at radius 3 is 2.88 bits per heavy atom. The molecule has 86 valence electrons. The predicted octanol–water partition coefficient (Wildman–Crippen LogP) is 1.83. The van der Waals surface area contributed by atoms with Crippen molar-refractivity contribution >= 4 is 22.8 Å². The Kier molecular flexibility index (Phi) is 1.80. The van der Waals surface area contributed by atoms with Crippen LogP contribution in [0.15, 0.2) is 24.4 Å². The second-order valence-electron chi connectivity index (χ2n) is 4.15. The highest BCUT2D eigenvalue weighted by molar-refractivity contribution is 5.88. The number of benzene rings is 1. The number of hydrogen-bond acceptors (Lipinski definition) is 2. The van der Waals surface area contributed by atoms with Crippen LogP contribution in [-0.2, 0) is 7.05 Å². The molecule has 3 aromatic rings. The van der Waals surface area contributed by atoms with Crippen LogP contribution in [-0.4, -0.2) is 25.0 Å². The lowest BCUT2D eigenvalue weighted by molar-refractivity contribution is 0.0687. The van der Waals surface area contributed by atoms with E-state index in [0.717, 1.165) is 16.6 Å². The molecule has 0 aliphatic carbocycles. The van der Waals surface area contributed by atoms with Crippen LogP contribution in [0, 0.1) is 6.92 Å². The Morgan fingerprint density at radius 2 is 2.18 bits per heavy atom. The van der Waals surface area contributed by atoms with E-state index < -0.39 is 5.97 Å². The van der Waals surface area contributed by atoms with Crippen LogP contribution in [0.4, 0.5) is 0 Å². The van der Waals surface area contributed by atoms with Crippen LogP contribution in [0.25, 0.3) is 16.8 Å². The van der Waals surface area contributed by atoms with Crippen LogP contribution in [0.5, 0.6) is 0 Å². The first-order valence-electron chi connectivity index (χ1n) is 5.25. The number of hydrogen-bond donors (Lipinski definition) is 1. The highest BCUT2D eigenvalue weighted by Crippen LogP contribution is 2.19. The van der Waals surface area contributed by atoms with Gasteiger partial charge in [-0.3, -0.25) is 4.40 Å². The first kappa shape index (κ1) is 9.89. The average molecular weight is 229 g/mol. The summed E-state index contributed by atoms with van der Waals surface area (Å²) in [6.45, 7) is 2.01. The largest absolute Gasteiger partial charge is 0.477 e. The Balaban J connectivity index is 2.45. The Bertz CT molecular complexity index is 752. The molecule has 17 heavy (non-hydrogen) atoms. The topological polar surface area (TPSA) is 59.5 Å². The van der Waals surface area contributed by atoms with Crippen molar-refractivity contribution in [3.8, 4) is 0 Å². The average Bonchev–Trinajstić information content (AvgIpc) is 2.76. The minimum atomic E-state index is -0.946. The summed E-state index contributed by atoms with van der Waals surface area (Å²) in [5.41, 5.74) is 3.18. The van der Waals surface area contributed by atoms with Gasteiger partial charge in [-0.15, -0.1) is 0 Å². The number of carboxylic acid groups (broad SMARTS) is 1. The highest BCUT2D eigenvalue weighted by Gasteiger charge is 2.15. The summed E-state index contributed by atoms with van der Waals surface area (Å²) < 4.78 is 3.38. The lowest BCUT2D eigenvalue weighted by Gasteiger charge is -1.94. The third kappa shape index (κ3) is 1.25. The van der Waals surface area contributed by atoms with Crippen molar-refractivity contribution in [1.82, 2.24) is 14.0 Å². The van der Waals surface area contributed by atoms with Crippen molar-refractivity contribution in [2.45, 2.75) is 6.92 Å². The van der Waals surface area contributed by atoms with Gasteiger partial charge in [0.15, 0.2) is 0 Å². The van der Waals surface area contributed by atoms with Gasteiger partial charge in [0.25, 0.3) is 0 Å². The second-order valence-corrected chi connectivity index (χ2v) is 4.15. The Morgan fingerprint density at radius 1 is 1.41 bits per heavy atom. The number of aryl methyl sites for hydroxylation is 2. The number of fused-ring (bicyclic) bond motifs is 3. The summed E-state index contributed by atoms with van der Waals surface area (Å²) in [7, 11) is 1.71. The van der Waals surface area contributed by atoms with Gasteiger partial charge in [-0.05, 0) is 24.6 Å². The van der Waals surface area contributed by atoms with Gasteiger partial charge in [0.2, 0.25) is 5.78 Å². The van der Waals surface area contributed by atoms with Gasteiger partial charge in [-0.1, -0.05) is 6.07 Å². The zero-order valence-corrected chi connectivity index (χ0v) is 9.51. The summed E-state index contributed by atoms with van der Waals surface area (Å²) in [6, 6.07) is 5.93. The molecule has 0 saturated carbocycles. The van der Waals surface area contributed by atoms with E-state index in [-0.39, 0.29) is 5.69 Å². The molecule has 0 aliphatic heterocycles. The lowest BCUT2D eigenvalue weighted by Crippen LogP contribution is -2.03. The SMILES string of the molecule is Cc1ccc2c(c1)nc1n(C)c(C(=O)O)cn21. The molecule has 0 radical (unpaired) electrons. The van der Waals surface area contributed by atoms with E-state index in [1.807, 2.05) is 25.1 Å². The Labute approximate surface area is 96.9 Å². The third-order valence-electron chi connectivity index (χ3n) is 2.96. The van der Waals surface area contributed by atoms with Crippen molar-refractivity contribution in [3.63, 3.8) is 0 Å². The normalized spacial score (nSPS) is 11.4. The molecule has 3 rings (SSSR count). The fourth-order valence-electron chi connectivity index (χ4n) is 2.08. The minimum Gasteiger partial charge on any atom is -0.477 e. The molecule has 0 saturated heterocycles. The van der Waals surface area contributed by atoms with E-state index in [9.17, 15) is 4.79 Å². The monoisotopic (exact) mass is 229 g/mol. The number of imidazole rings is 2. The van der Waals surface area contributed by atoms with Crippen molar-refractivity contribution in [1.29, 1.82) is 0 Å². The molecular weight excluding hydrogens is 218 g/mol. The smallest absolute Gasteiger partial charge is 0.354 e. The molecule has 0 atom stereocenters. The third-order valence-corrected chi connectivity index (χ3v) is 2.96. The van der Waals surface area contributed by atoms with E-state index >= 15 is 0 Å². The summed E-state index contributed by atoms with van der Waals surface area (Å²) in [4.78, 5) is 15.5. The molecule has 0 bridgehead atoms. The molecule has 2 heterocycles. The lowest BCUT2D eigenvalue weighted by atomic mass is 10.2. The molecule has 0 amide bonds. The molecule has 0 fully saturated rings.